The van der Waals surface area contributed by atoms with Crippen molar-refractivity contribution in [1.82, 2.24) is 0 Å². The minimum Gasteiger partial charge on any atom is -0.512 e. The second kappa shape index (κ2) is 869. The van der Waals surface area contributed by atoms with E-state index in [9.17, 15) is 0 Å². The van der Waals surface area contributed by atoms with Gasteiger partial charge in [-0.2, -0.15) is 0 Å². The molecule has 0 aromatic heterocycles. The van der Waals surface area contributed by atoms with Gasteiger partial charge in [0, 0.05) is 103 Å². The Kier molecular flexibility index (Phi) is 6390. The Morgan fingerprint density at radius 1 is 0.429 bits per heavy atom. The van der Waals surface area contributed by atoms with Gasteiger partial charge in [0.05, 0.1) is 0 Å². The van der Waals surface area contributed by atoms with Crippen LogP contribution in [0.5, 0.6) is 0 Å². The van der Waals surface area contributed by atoms with Gasteiger partial charge in [-0.15, -0.1) is 0 Å². The van der Waals surface area contributed by atoms with Crippen molar-refractivity contribution in [3.05, 3.63) is 26.3 Å². The summed E-state index contributed by atoms with van der Waals surface area (Å²) in [5.74, 6) is 0. The van der Waals surface area contributed by atoms with E-state index < -0.39 is 0 Å². The molecule has 6 N–H and O–H groups in total. The smallest absolute Gasteiger partial charge is 0.512 e. The molecular formula is C4H6K2N4O3Pt. The maximum atomic E-state index is 6.25. The van der Waals surface area contributed by atoms with E-state index in [1.807, 2.05) is 0 Å². The number of hydrogen-bond donors (Lipinski definition) is 0. The monoisotopic (exact) mass is 431 g/mol. The van der Waals surface area contributed by atoms with Gasteiger partial charge in [-0.3, -0.25) is 0 Å². The van der Waals surface area contributed by atoms with Crippen molar-refractivity contribution in [3.63, 3.8) is 0 Å². The second-order valence-electron chi connectivity index (χ2n) is 0. The molecule has 0 saturated heterocycles. The Hall–Kier alpha value is 1.80. The van der Waals surface area contributed by atoms with Crippen LogP contribution < -0.4 is 0 Å². The van der Waals surface area contributed by atoms with Crippen LogP contribution in [0.25, 0.3) is 0 Å². The fraction of sp³-hybridized carbons (Fsp3) is 0. The maximum Gasteiger partial charge on any atom is 4.00 e. The van der Waals surface area contributed by atoms with Gasteiger partial charge in [-0.05, 0) is 0 Å². The summed E-state index contributed by atoms with van der Waals surface area (Å²) in [4.78, 5) is 0. The van der Waals surface area contributed by atoms with E-state index >= 15 is 0 Å². The van der Waals surface area contributed by atoms with Gasteiger partial charge >= 0.3 is 21.1 Å². The fourth-order valence-corrected chi connectivity index (χ4v) is 0. The van der Waals surface area contributed by atoms with Gasteiger partial charge in [0.25, 0.3) is 0 Å². The quantitative estimate of drug-likeness (QED) is 0.295. The third-order valence-electron chi connectivity index (χ3n) is 0. The van der Waals surface area contributed by atoms with Crippen LogP contribution in [0.4, 0.5) is 0 Å². The predicted molar refractivity (Wildman–Crippen MR) is 42.2 cm³/mol. The van der Waals surface area contributed by atoms with Crippen LogP contribution in [0.15, 0.2) is 0 Å². The third kappa shape index (κ3) is 697. The van der Waals surface area contributed by atoms with Crippen LogP contribution in [-0.2, 0) is 21.1 Å². The summed E-state index contributed by atoms with van der Waals surface area (Å²) >= 11 is 0. The van der Waals surface area contributed by atoms with E-state index in [4.69, 9.17) is 47.3 Å². The van der Waals surface area contributed by atoms with Gasteiger partial charge in [0.15, 0.2) is 0 Å². The number of rotatable bonds is 0. The Labute approximate surface area is 183 Å². The van der Waals surface area contributed by atoms with Crippen molar-refractivity contribution >= 4 is 103 Å². The third-order valence-corrected chi connectivity index (χ3v) is 0. The first-order chi connectivity index (χ1) is 4.00. The Morgan fingerprint density at radius 2 is 0.429 bits per heavy atom. The van der Waals surface area contributed by atoms with E-state index in [0.717, 1.165) is 0 Å². The molecule has 0 atom stereocenters. The summed E-state index contributed by atoms with van der Waals surface area (Å²) in [5, 5.41) is 25.0. The van der Waals surface area contributed by atoms with Gasteiger partial charge < -0.3 is 63.8 Å². The molecule has 0 rings (SSSR count). The molecule has 0 unspecified atom stereocenters. The molecule has 14 heavy (non-hydrogen) atoms. The summed E-state index contributed by atoms with van der Waals surface area (Å²) in [6, 6.07) is 0. The summed E-state index contributed by atoms with van der Waals surface area (Å²) < 4.78 is 0. The van der Waals surface area contributed by atoms with Crippen molar-refractivity contribution in [2.45, 2.75) is 0 Å². The largest absolute Gasteiger partial charge is 4.00 e. The first-order valence-electron chi connectivity index (χ1n) is 0.894. The van der Waals surface area contributed by atoms with Gasteiger partial charge in [-0.25, -0.2) is 0 Å². The molecule has 0 aromatic carbocycles. The standard InChI is InChI=1S/4CN.2K.3H2O.Pt/c4*1-2;;;;;;/h;;;;;;3*1H2;/q4*-1;;;;;;+4. The van der Waals surface area contributed by atoms with Crippen LogP contribution >= 0.6 is 0 Å². The van der Waals surface area contributed by atoms with E-state index in [1.54, 1.807) is 0 Å². The first-order valence-corrected chi connectivity index (χ1v) is 0.894. The normalized spacial score (nSPS) is 0.571. The van der Waals surface area contributed by atoms with Crippen molar-refractivity contribution in [2.75, 3.05) is 0 Å². The summed E-state index contributed by atoms with van der Waals surface area (Å²) in [6.07, 6.45) is 0. The van der Waals surface area contributed by atoms with Crippen LogP contribution in [0.2, 0.25) is 0 Å². The molecule has 0 aliphatic carbocycles. The molecule has 0 aliphatic rings. The SMILES string of the molecule is O.O.O.[C-]#N.[C-]#N.[C-]#N.[C-]#N.[K].[K].[Pt+4]. The van der Waals surface area contributed by atoms with Crippen molar-refractivity contribution in [2.24, 2.45) is 0 Å². The molecule has 0 bridgehead atoms. The Bertz CT molecular complexity index is 73.6. The van der Waals surface area contributed by atoms with Gasteiger partial charge in [-0.1, -0.05) is 0 Å². The summed E-state index contributed by atoms with van der Waals surface area (Å²) in [6.45, 7) is 19.0. The molecule has 72 valence electrons. The van der Waals surface area contributed by atoms with Crippen molar-refractivity contribution < 1.29 is 37.5 Å². The molecule has 0 saturated carbocycles. The van der Waals surface area contributed by atoms with Crippen LogP contribution in [0.3, 0.4) is 0 Å². The van der Waals surface area contributed by atoms with Gasteiger partial charge in [0.2, 0.25) is 0 Å². The van der Waals surface area contributed by atoms with Crippen LogP contribution in [0, 0.1) is 47.3 Å². The average molecular weight is 431 g/mol. The second-order valence-corrected chi connectivity index (χ2v) is 0. The molecule has 2 radical (unpaired) electrons. The average Bonchev–Trinajstić information content (AvgIpc) is 2.03. The zero-order valence-electron chi connectivity index (χ0n) is 7.61. The molecule has 10 heteroatoms. The molecule has 0 aliphatic heterocycles. The molecular weight excluding hydrogens is 425 g/mol. The van der Waals surface area contributed by atoms with E-state index in [0.29, 0.717) is 0 Å². The molecule has 0 amide bonds. The zero-order chi connectivity index (χ0) is 8.00. The fourth-order valence-electron chi connectivity index (χ4n) is 0. The number of nitrogens with zero attached hydrogens (tertiary/aromatic N) is 4. The minimum absolute atomic E-state index is 0. The van der Waals surface area contributed by atoms with E-state index in [-0.39, 0.29) is 140 Å². The van der Waals surface area contributed by atoms with E-state index in [2.05, 4.69) is 0 Å². The first kappa shape index (κ1) is 103. The van der Waals surface area contributed by atoms with E-state index in [1.165, 1.54) is 0 Å². The zero-order valence-corrected chi connectivity index (χ0v) is 16.1. The van der Waals surface area contributed by atoms with Crippen molar-refractivity contribution in [3.8, 4) is 0 Å². The van der Waals surface area contributed by atoms with Crippen molar-refractivity contribution in [1.29, 1.82) is 21.0 Å². The minimum atomic E-state index is 0. The molecule has 0 aromatic rings. The summed E-state index contributed by atoms with van der Waals surface area (Å²) in [7, 11) is 0. The Balaban J connectivity index is -0.00000000167. The summed E-state index contributed by atoms with van der Waals surface area (Å²) in [5.41, 5.74) is 0. The van der Waals surface area contributed by atoms with Crippen LogP contribution in [0.1, 0.15) is 0 Å². The number of hydrogen-bond acceptors (Lipinski definition) is 4. The van der Waals surface area contributed by atoms with Crippen LogP contribution in [-0.4, -0.2) is 119 Å². The molecule has 0 heterocycles. The molecule has 7 nitrogen and oxygen atoms in total. The molecule has 0 fully saturated rings. The topological polar surface area (TPSA) is 190 Å². The van der Waals surface area contributed by atoms with Gasteiger partial charge in [0.1, 0.15) is 0 Å². The Morgan fingerprint density at radius 3 is 0.429 bits per heavy atom. The maximum absolute atomic E-state index is 6.25. The predicted octanol–water partition coefficient (Wildman–Crippen LogP) is -2.85. The molecule has 0 spiro atoms.